The predicted octanol–water partition coefficient (Wildman–Crippen LogP) is 4.94. The summed E-state index contributed by atoms with van der Waals surface area (Å²) in [6, 6.07) is 6.38. The summed E-state index contributed by atoms with van der Waals surface area (Å²) in [5.74, 6) is -0.131. The zero-order valence-electron chi connectivity index (χ0n) is 11.6. The molecule has 0 aliphatic carbocycles. The summed E-state index contributed by atoms with van der Waals surface area (Å²) < 4.78 is 44.1. The molecule has 0 radical (unpaired) electrons. The lowest BCUT2D eigenvalue weighted by Crippen LogP contribution is -2.17. The van der Waals surface area contributed by atoms with Crippen LogP contribution in [0.1, 0.15) is 11.3 Å². The Morgan fingerprint density at radius 3 is 2.54 bits per heavy atom. The summed E-state index contributed by atoms with van der Waals surface area (Å²) in [5, 5.41) is 1.19. The Morgan fingerprint density at radius 1 is 1.17 bits per heavy atom. The first-order chi connectivity index (χ1) is 11.2. The Kier molecular flexibility index (Phi) is 4.18. The van der Waals surface area contributed by atoms with Crippen molar-refractivity contribution in [1.29, 1.82) is 0 Å². The van der Waals surface area contributed by atoms with Gasteiger partial charge >= 0.3 is 6.18 Å². The van der Waals surface area contributed by atoms with Crippen molar-refractivity contribution in [3.63, 3.8) is 0 Å². The summed E-state index contributed by atoms with van der Waals surface area (Å²) in [6.07, 6.45) is -3.24. The number of thioether (sulfide) groups is 1. The van der Waals surface area contributed by atoms with Gasteiger partial charge in [0.1, 0.15) is 11.5 Å². The molecule has 24 heavy (non-hydrogen) atoms. The van der Waals surface area contributed by atoms with Crippen LogP contribution < -0.4 is 5.32 Å². The molecule has 2 heterocycles. The minimum atomic E-state index is -4.58. The van der Waals surface area contributed by atoms with Gasteiger partial charge in [0.05, 0.1) is 15.5 Å². The lowest BCUT2D eigenvalue weighted by Gasteiger charge is -2.09. The Balaban J connectivity index is 1.93. The zero-order chi connectivity index (χ0) is 17.5. The third-order valence-electron chi connectivity index (χ3n) is 3.10. The Hall–Kier alpha value is -2.19. The van der Waals surface area contributed by atoms with Crippen LogP contribution in [0.25, 0.3) is 17.4 Å². The number of nitrogens with one attached hydrogen (secondary N) is 1. The summed E-state index contributed by atoms with van der Waals surface area (Å²) in [4.78, 5) is 22.7. The molecule has 1 aromatic carbocycles. The van der Waals surface area contributed by atoms with Crippen molar-refractivity contribution in [3.8, 4) is 11.3 Å². The molecule has 1 aliphatic rings. The van der Waals surface area contributed by atoms with Crippen LogP contribution in [0.3, 0.4) is 0 Å². The van der Waals surface area contributed by atoms with E-state index >= 15 is 0 Å². The first-order valence-corrected chi connectivity index (χ1v) is 7.65. The standard InChI is InChI=1S/C15H7ClF3NO3S/c16-10-3-1-7(5-9(10)15(17,18)19)11-4-2-8(23-11)6-12-13(21)20-14(22)24-12/h1-6H,(H,20,21,22)/b12-6+. The van der Waals surface area contributed by atoms with Crippen LogP contribution in [0.2, 0.25) is 5.02 Å². The van der Waals surface area contributed by atoms with Crippen LogP contribution in [0.4, 0.5) is 18.0 Å². The highest BCUT2D eigenvalue weighted by Crippen LogP contribution is 2.37. The van der Waals surface area contributed by atoms with Crippen molar-refractivity contribution in [2.45, 2.75) is 6.18 Å². The average molecular weight is 374 g/mol. The van der Waals surface area contributed by atoms with E-state index in [0.29, 0.717) is 11.8 Å². The van der Waals surface area contributed by atoms with Gasteiger partial charge in [0, 0.05) is 11.6 Å². The summed E-state index contributed by atoms with van der Waals surface area (Å²) in [7, 11) is 0. The largest absolute Gasteiger partial charge is 0.457 e. The number of imide groups is 1. The minimum absolute atomic E-state index is 0.146. The number of halogens is 4. The smallest absolute Gasteiger partial charge is 0.417 e. The second-order valence-corrected chi connectivity index (χ2v) is 6.17. The van der Waals surface area contributed by atoms with E-state index in [1.165, 1.54) is 24.3 Å². The zero-order valence-corrected chi connectivity index (χ0v) is 13.2. The first-order valence-electron chi connectivity index (χ1n) is 6.46. The van der Waals surface area contributed by atoms with Gasteiger partial charge in [-0.1, -0.05) is 11.6 Å². The number of rotatable bonds is 2. The van der Waals surface area contributed by atoms with Gasteiger partial charge in [-0.2, -0.15) is 13.2 Å². The molecule has 1 N–H and O–H groups in total. The quantitative estimate of drug-likeness (QED) is 0.757. The van der Waals surface area contributed by atoms with E-state index in [4.69, 9.17) is 16.0 Å². The number of carbonyl (C=O) groups excluding carboxylic acids is 2. The maximum atomic E-state index is 12.9. The number of alkyl halides is 3. The van der Waals surface area contributed by atoms with Gasteiger partial charge in [0.25, 0.3) is 11.1 Å². The molecule has 1 aliphatic heterocycles. The second kappa shape index (κ2) is 6.03. The fraction of sp³-hybridized carbons (Fsp3) is 0.0667. The Labute approximate surface area is 142 Å². The number of hydrogen-bond donors (Lipinski definition) is 1. The highest BCUT2D eigenvalue weighted by molar-refractivity contribution is 8.18. The molecular formula is C15H7ClF3NO3S. The van der Waals surface area contributed by atoms with E-state index in [1.54, 1.807) is 0 Å². The molecule has 1 saturated heterocycles. The first kappa shape index (κ1) is 16.7. The molecule has 0 spiro atoms. The van der Waals surface area contributed by atoms with E-state index in [1.807, 2.05) is 0 Å². The van der Waals surface area contributed by atoms with Crippen LogP contribution >= 0.6 is 23.4 Å². The molecule has 1 fully saturated rings. The van der Waals surface area contributed by atoms with E-state index in [2.05, 4.69) is 5.32 Å². The van der Waals surface area contributed by atoms with Crippen molar-refractivity contribution in [2.24, 2.45) is 0 Å². The molecule has 0 unspecified atom stereocenters. The number of benzene rings is 1. The van der Waals surface area contributed by atoms with Gasteiger partial charge in [-0.3, -0.25) is 14.9 Å². The van der Waals surface area contributed by atoms with Crippen LogP contribution in [0.15, 0.2) is 39.7 Å². The maximum absolute atomic E-state index is 12.9. The number of furan rings is 1. The van der Waals surface area contributed by atoms with Gasteiger partial charge in [-0.25, -0.2) is 0 Å². The highest BCUT2D eigenvalue weighted by Gasteiger charge is 2.33. The van der Waals surface area contributed by atoms with Gasteiger partial charge in [-0.15, -0.1) is 0 Å². The molecule has 0 bridgehead atoms. The average Bonchev–Trinajstić information content (AvgIpc) is 3.06. The normalized spacial score (nSPS) is 16.8. The van der Waals surface area contributed by atoms with Gasteiger partial charge < -0.3 is 4.42 Å². The van der Waals surface area contributed by atoms with Crippen LogP contribution in [0, 0.1) is 0 Å². The maximum Gasteiger partial charge on any atom is 0.417 e. The molecular weight excluding hydrogens is 367 g/mol. The van der Waals surface area contributed by atoms with Crippen molar-refractivity contribution < 1.29 is 27.2 Å². The lowest BCUT2D eigenvalue weighted by atomic mass is 10.1. The molecule has 0 atom stereocenters. The van der Waals surface area contributed by atoms with Gasteiger partial charge in [-0.05, 0) is 42.1 Å². The van der Waals surface area contributed by atoms with Crippen molar-refractivity contribution >= 4 is 40.6 Å². The SMILES string of the molecule is O=C1NC(=O)/C(=C\c2ccc(-c3ccc(Cl)c(C(F)(F)F)c3)o2)S1. The predicted molar refractivity (Wildman–Crippen MR) is 83.3 cm³/mol. The van der Waals surface area contributed by atoms with E-state index in [-0.39, 0.29) is 22.0 Å². The summed E-state index contributed by atoms with van der Waals surface area (Å²) >= 11 is 6.29. The topological polar surface area (TPSA) is 59.3 Å². The Bertz CT molecular complexity index is 873. The van der Waals surface area contributed by atoms with E-state index in [0.717, 1.165) is 12.1 Å². The number of amides is 2. The monoisotopic (exact) mass is 373 g/mol. The number of carbonyl (C=O) groups is 2. The number of hydrogen-bond acceptors (Lipinski definition) is 4. The molecule has 2 aromatic rings. The molecule has 4 nitrogen and oxygen atoms in total. The second-order valence-electron chi connectivity index (χ2n) is 4.75. The van der Waals surface area contributed by atoms with Crippen LogP contribution in [-0.4, -0.2) is 11.1 Å². The van der Waals surface area contributed by atoms with Gasteiger partial charge in [0.15, 0.2) is 0 Å². The van der Waals surface area contributed by atoms with E-state index < -0.39 is 27.9 Å². The molecule has 124 valence electrons. The van der Waals surface area contributed by atoms with E-state index in [9.17, 15) is 22.8 Å². The molecule has 0 saturated carbocycles. The fourth-order valence-corrected chi connectivity index (χ4v) is 2.92. The summed E-state index contributed by atoms with van der Waals surface area (Å²) in [5.41, 5.74) is -0.773. The minimum Gasteiger partial charge on any atom is -0.457 e. The lowest BCUT2D eigenvalue weighted by molar-refractivity contribution is -0.137. The van der Waals surface area contributed by atoms with Crippen molar-refractivity contribution in [2.75, 3.05) is 0 Å². The summed E-state index contributed by atoms with van der Waals surface area (Å²) in [6.45, 7) is 0. The third-order valence-corrected chi connectivity index (χ3v) is 4.24. The van der Waals surface area contributed by atoms with Crippen molar-refractivity contribution in [1.82, 2.24) is 5.32 Å². The molecule has 1 aromatic heterocycles. The fourth-order valence-electron chi connectivity index (χ4n) is 2.03. The molecule has 2 amide bonds. The van der Waals surface area contributed by atoms with Crippen LogP contribution in [0.5, 0.6) is 0 Å². The van der Waals surface area contributed by atoms with Crippen molar-refractivity contribution in [3.05, 3.63) is 51.6 Å². The molecule has 3 rings (SSSR count). The third kappa shape index (κ3) is 3.34. The molecule has 9 heteroatoms. The van der Waals surface area contributed by atoms with Gasteiger partial charge in [0.2, 0.25) is 0 Å². The Morgan fingerprint density at radius 2 is 1.92 bits per heavy atom. The van der Waals surface area contributed by atoms with Crippen LogP contribution in [-0.2, 0) is 11.0 Å². The highest BCUT2D eigenvalue weighted by atomic mass is 35.5.